The Morgan fingerprint density at radius 2 is 2.07 bits per heavy atom. The van der Waals surface area contributed by atoms with Crippen molar-refractivity contribution in [1.82, 2.24) is 20.0 Å². The summed E-state index contributed by atoms with van der Waals surface area (Å²) in [6, 6.07) is 12.2. The molecule has 0 aliphatic rings. The number of hydrogen-bond acceptors (Lipinski definition) is 6. The zero-order valence-corrected chi connectivity index (χ0v) is 15.7. The number of tetrazole rings is 1. The van der Waals surface area contributed by atoms with Gasteiger partial charge in [-0.25, -0.2) is 0 Å². The van der Waals surface area contributed by atoms with Gasteiger partial charge in [-0.3, -0.25) is 4.79 Å². The molecule has 0 atom stereocenters. The van der Waals surface area contributed by atoms with Gasteiger partial charge in [0.2, 0.25) is 0 Å². The number of ether oxygens (including phenoxy) is 1. The second-order valence-electron chi connectivity index (χ2n) is 5.80. The van der Waals surface area contributed by atoms with Crippen LogP contribution in [0.1, 0.15) is 15.9 Å². The number of benzene rings is 2. The van der Waals surface area contributed by atoms with E-state index in [1.165, 1.54) is 12.1 Å². The molecule has 0 bridgehead atoms. The Balaban J connectivity index is 1.79. The fourth-order valence-electron chi connectivity index (χ4n) is 2.80. The third kappa shape index (κ3) is 3.15. The van der Waals surface area contributed by atoms with Crippen molar-refractivity contribution in [3.05, 3.63) is 64.1 Å². The van der Waals surface area contributed by atoms with Crippen LogP contribution in [0.15, 0.2) is 53.0 Å². The topological polar surface area (TPSA) is 89.6 Å². The number of allylic oxidation sites excluding steroid dienone is 1. The maximum absolute atomic E-state index is 12.5. The zero-order chi connectivity index (χ0) is 19.0. The maximum Gasteiger partial charge on any atom is 0.189 e. The van der Waals surface area contributed by atoms with Gasteiger partial charge in [0.1, 0.15) is 11.5 Å². The number of phenols is 1. The lowest BCUT2D eigenvalue weighted by atomic mass is 10.1. The molecule has 0 saturated carbocycles. The monoisotopic (exact) mass is 424 g/mol. The van der Waals surface area contributed by atoms with Crippen molar-refractivity contribution in [2.75, 3.05) is 7.11 Å². The predicted octanol–water partition coefficient (Wildman–Crippen LogP) is 3.65. The van der Waals surface area contributed by atoms with Gasteiger partial charge in [-0.1, -0.05) is 15.9 Å². The van der Waals surface area contributed by atoms with E-state index < -0.39 is 0 Å². The summed E-state index contributed by atoms with van der Waals surface area (Å²) in [4.78, 5) is 12.5. The Hall–Kier alpha value is -3.26. The van der Waals surface area contributed by atoms with Gasteiger partial charge in [0.25, 0.3) is 0 Å². The van der Waals surface area contributed by atoms with Gasteiger partial charge in [-0.2, -0.15) is 4.52 Å². The molecule has 2 heterocycles. The molecule has 0 fully saturated rings. The molecule has 0 radical (unpaired) electrons. The van der Waals surface area contributed by atoms with Crippen molar-refractivity contribution in [2.45, 2.75) is 0 Å². The van der Waals surface area contributed by atoms with E-state index in [-0.39, 0.29) is 17.1 Å². The minimum Gasteiger partial charge on any atom is -0.507 e. The van der Waals surface area contributed by atoms with Crippen LogP contribution in [0.2, 0.25) is 0 Å². The summed E-state index contributed by atoms with van der Waals surface area (Å²) >= 11 is 3.30. The number of pyridine rings is 1. The van der Waals surface area contributed by atoms with Crippen molar-refractivity contribution < 1.29 is 14.6 Å². The Bertz CT molecular complexity index is 1220. The highest BCUT2D eigenvalue weighted by Crippen LogP contribution is 2.25. The summed E-state index contributed by atoms with van der Waals surface area (Å²) in [5.41, 5.74) is 2.20. The number of hydrogen-bond donors (Lipinski definition) is 1. The molecule has 134 valence electrons. The maximum atomic E-state index is 12.5. The molecule has 0 aliphatic carbocycles. The minimum atomic E-state index is -0.325. The van der Waals surface area contributed by atoms with E-state index in [1.54, 1.807) is 29.8 Å². The van der Waals surface area contributed by atoms with Crippen molar-refractivity contribution in [3.63, 3.8) is 0 Å². The van der Waals surface area contributed by atoms with E-state index in [2.05, 4.69) is 31.5 Å². The van der Waals surface area contributed by atoms with Gasteiger partial charge in [-0.15, -0.1) is 5.10 Å². The second kappa shape index (κ2) is 6.81. The third-order valence-corrected chi connectivity index (χ3v) is 4.64. The average Bonchev–Trinajstić information content (AvgIpc) is 3.17. The Morgan fingerprint density at radius 3 is 2.89 bits per heavy atom. The van der Waals surface area contributed by atoms with Gasteiger partial charge in [-0.05, 0) is 59.0 Å². The number of carbonyl (C=O) groups is 1. The molecule has 2 aromatic carbocycles. The smallest absolute Gasteiger partial charge is 0.189 e. The molecule has 1 N–H and O–H groups in total. The Morgan fingerprint density at radius 1 is 1.22 bits per heavy atom. The van der Waals surface area contributed by atoms with E-state index in [4.69, 9.17) is 4.74 Å². The predicted molar refractivity (Wildman–Crippen MR) is 104 cm³/mol. The molecule has 4 aromatic rings. The minimum absolute atomic E-state index is 0.0762. The molecule has 7 nitrogen and oxygen atoms in total. The number of fused-ring (bicyclic) bond motifs is 3. The number of phenolic OH excluding ortho intramolecular Hbond substituents is 1. The lowest BCUT2D eigenvalue weighted by Crippen LogP contribution is -1.97. The molecule has 0 spiro atoms. The normalized spacial score (nSPS) is 11.5. The average molecular weight is 425 g/mol. The van der Waals surface area contributed by atoms with Gasteiger partial charge in [0, 0.05) is 21.5 Å². The third-order valence-electron chi connectivity index (χ3n) is 4.14. The van der Waals surface area contributed by atoms with Crippen LogP contribution in [-0.2, 0) is 0 Å². The van der Waals surface area contributed by atoms with Gasteiger partial charge < -0.3 is 9.84 Å². The molecule has 2 aromatic heterocycles. The second-order valence-corrected chi connectivity index (χ2v) is 6.71. The number of aromatic nitrogens is 4. The van der Waals surface area contributed by atoms with Crippen LogP contribution in [0.5, 0.6) is 11.5 Å². The number of aromatic hydroxyl groups is 1. The number of halogens is 1. The first-order chi connectivity index (χ1) is 13.1. The SMILES string of the molecule is COc1ccc2cc(/C=C/C(=O)c3cc(Br)ccc3O)c3nnnn3c2c1. The molecular formula is C19H13BrN4O3. The molecule has 4 rings (SSSR count). The molecule has 0 unspecified atom stereocenters. The van der Waals surface area contributed by atoms with E-state index in [1.807, 2.05) is 24.3 Å². The van der Waals surface area contributed by atoms with Crippen LogP contribution in [-0.4, -0.2) is 38.0 Å². The first kappa shape index (κ1) is 17.2. The van der Waals surface area contributed by atoms with Crippen molar-refractivity contribution in [1.29, 1.82) is 0 Å². The van der Waals surface area contributed by atoms with Crippen molar-refractivity contribution in [2.24, 2.45) is 0 Å². The van der Waals surface area contributed by atoms with Gasteiger partial charge in [0.05, 0.1) is 18.2 Å². The summed E-state index contributed by atoms with van der Waals surface area (Å²) in [5, 5.41) is 22.6. The van der Waals surface area contributed by atoms with Crippen LogP contribution < -0.4 is 4.74 Å². The van der Waals surface area contributed by atoms with Crippen LogP contribution in [0.25, 0.3) is 22.6 Å². The fraction of sp³-hybridized carbons (Fsp3) is 0.0526. The summed E-state index contributed by atoms with van der Waals surface area (Å²) in [6.07, 6.45) is 3.03. The summed E-state index contributed by atoms with van der Waals surface area (Å²) < 4.78 is 7.56. The Labute approximate surface area is 162 Å². The first-order valence-corrected chi connectivity index (χ1v) is 8.76. The van der Waals surface area contributed by atoms with E-state index in [0.29, 0.717) is 21.4 Å². The first-order valence-electron chi connectivity index (χ1n) is 7.96. The summed E-state index contributed by atoms with van der Waals surface area (Å²) in [5.74, 6) is 0.296. The van der Waals surface area contributed by atoms with Gasteiger partial charge >= 0.3 is 0 Å². The van der Waals surface area contributed by atoms with Gasteiger partial charge in [0.15, 0.2) is 11.4 Å². The highest BCUT2D eigenvalue weighted by Gasteiger charge is 2.12. The van der Waals surface area contributed by atoms with Crippen LogP contribution in [0.3, 0.4) is 0 Å². The molecule has 0 amide bonds. The van der Waals surface area contributed by atoms with Crippen molar-refractivity contribution >= 4 is 44.3 Å². The highest BCUT2D eigenvalue weighted by atomic mass is 79.9. The Kier molecular flexibility index (Phi) is 4.33. The highest BCUT2D eigenvalue weighted by molar-refractivity contribution is 9.10. The quantitative estimate of drug-likeness (QED) is 0.397. The van der Waals surface area contributed by atoms with E-state index in [0.717, 1.165) is 10.9 Å². The standard InChI is InChI=1S/C19H13BrN4O3/c1-27-14-5-2-11-8-12(19-21-22-23-24(19)16(11)10-14)3-6-17(25)15-9-13(20)4-7-18(15)26/h2-10,26H,1H3/b6-3+. The number of methoxy groups -OCH3 is 1. The largest absolute Gasteiger partial charge is 0.507 e. The van der Waals surface area contributed by atoms with E-state index in [9.17, 15) is 9.90 Å². The molecule has 0 aliphatic heterocycles. The molecule has 8 heteroatoms. The molecular weight excluding hydrogens is 412 g/mol. The fourth-order valence-corrected chi connectivity index (χ4v) is 3.16. The van der Waals surface area contributed by atoms with Crippen LogP contribution >= 0.6 is 15.9 Å². The number of nitrogens with zero attached hydrogens (tertiary/aromatic N) is 4. The lowest BCUT2D eigenvalue weighted by Gasteiger charge is -2.06. The van der Waals surface area contributed by atoms with Crippen molar-refractivity contribution in [3.8, 4) is 11.5 Å². The summed E-state index contributed by atoms with van der Waals surface area (Å²) in [7, 11) is 1.60. The lowest BCUT2D eigenvalue weighted by molar-refractivity contribution is 0.104. The van der Waals surface area contributed by atoms with E-state index >= 15 is 0 Å². The van der Waals surface area contributed by atoms with Crippen LogP contribution in [0, 0.1) is 0 Å². The molecule has 27 heavy (non-hydrogen) atoms. The number of carbonyl (C=O) groups excluding carboxylic acids is 1. The van der Waals surface area contributed by atoms with Crippen LogP contribution in [0.4, 0.5) is 0 Å². The molecule has 0 saturated heterocycles. The summed E-state index contributed by atoms with van der Waals surface area (Å²) in [6.45, 7) is 0. The number of ketones is 1. The number of rotatable bonds is 4. The zero-order valence-electron chi connectivity index (χ0n) is 14.1.